The fourth-order valence-corrected chi connectivity index (χ4v) is 3.59. The number of hydrogen-bond acceptors (Lipinski definition) is 5. The van der Waals surface area contributed by atoms with Crippen LogP contribution < -0.4 is 15.2 Å². The topological polar surface area (TPSA) is 62.9 Å². The largest absolute Gasteiger partial charge is 0.497 e. The van der Waals surface area contributed by atoms with Gasteiger partial charge in [-0.3, -0.25) is 0 Å². The highest BCUT2D eigenvalue weighted by molar-refractivity contribution is 5.39. The zero-order valence-electron chi connectivity index (χ0n) is 19.3. The molecule has 0 amide bonds. The molecule has 2 N–H and O–H groups in total. The Morgan fingerprint density at radius 1 is 0.970 bits per heavy atom. The van der Waals surface area contributed by atoms with E-state index >= 15 is 0 Å². The molecule has 1 fully saturated rings. The molecule has 2 aromatic carbocycles. The number of alkyl halides is 3. The number of aryl methyl sites for hydroxylation is 2. The van der Waals surface area contributed by atoms with Crippen LogP contribution in [0.3, 0.4) is 0 Å². The summed E-state index contributed by atoms with van der Waals surface area (Å²) in [5.41, 5.74) is 6.43. The van der Waals surface area contributed by atoms with Crippen LogP contribution in [-0.4, -0.2) is 38.3 Å². The number of halogens is 3. The van der Waals surface area contributed by atoms with Crippen molar-refractivity contribution in [2.24, 2.45) is 5.73 Å². The van der Waals surface area contributed by atoms with Crippen LogP contribution in [0.5, 0.6) is 11.5 Å². The van der Waals surface area contributed by atoms with E-state index in [1.54, 1.807) is 27.0 Å². The second-order valence-electron chi connectivity index (χ2n) is 8.97. The third-order valence-electron chi connectivity index (χ3n) is 5.70. The van der Waals surface area contributed by atoms with E-state index in [0.29, 0.717) is 44.5 Å². The molecule has 0 saturated carbocycles. The van der Waals surface area contributed by atoms with E-state index in [9.17, 15) is 13.2 Å². The van der Waals surface area contributed by atoms with Crippen LogP contribution in [0.15, 0.2) is 42.5 Å². The van der Waals surface area contributed by atoms with E-state index in [1.807, 2.05) is 24.3 Å². The molecule has 1 saturated heterocycles. The third kappa shape index (κ3) is 7.35. The van der Waals surface area contributed by atoms with Crippen molar-refractivity contribution in [3.63, 3.8) is 0 Å². The van der Waals surface area contributed by atoms with E-state index < -0.39 is 23.1 Å². The number of methoxy groups -OCH3 is 1. The van der Waals surface area contributed by atoms with Gasteiger partial charge in [-0.25, -0.2) is 0 Å². The van der Waals surface area contributed by atoms with Crippen molar-refractivity contribution in [3.8, 4) is 11.5 Å². The van der Waals surface area contributed by atoms with Crippen molar-refractivity contribution < 1.29 is 32.1 Å². The van der Waals surface area contributed by atoms with Crippen LogP contribution in [0.1, 0.15) is 43.4 Å². The van der Waals surface area contributed by atoms with Gasteiger partial charge in [-0.2, -0.15) is 13.2 Å². The fourth-order valence-electron chi connectivity index (χ4n) is 3.59. The van der Waals surface area contributed by atoms with Gasteiger partial charge in [0.1, 0.15) is 11.5 Å². The average molecular weight is 468 g/mol. The molecule has 3 rings (SSSR count). The Bertz CT molecular complexity index is 903. The second kappa shape index (κ2) is 10.3. The Labute approximate surface area is 193 Å². The minimum atomic E-state index is -4.51. The van der Waals surface area contributed by atoms with E-state index in [-0.39, 0.29) is 12.4 Å². The third-order valence-corrected chi connectivity index (χ3v) is 5.70. The predicted octanol–water partition coefficient (Wildman–Crippen LogP) is 5.14. The molecular formula is C25H32F3NO4. The summed E-state index contributed by atoms with van der Waals surface area (Å²) >= 11 is 0. The van der Waals surface area contributed by atoms with E-state index in [0.717, 1.165) is 17.4 Å². The van der Waals surface area contributed by atoms with Crippen LogP contribution in [0.2, 0.25) is 0 Å². The SMILES string of the molecule is COc1ccc(CCCOc2ccc(CCC3(N)COC(C)(C)OC3)cc2C(F)(F)F)cc1. The van der Waals surface area contributed by atoms with Crippen molar-refractivity contribution >= 4 is 0 Å². The number of nitrogens with two attached hydrogens (primary N) is 1. The Morgan fingerprint density at radius 3 is 2.21 bits per heavy atom. The van der Waals surface area contributed by atoms with Gasteiger partial charge in [0, 0.05) is 0 Å². The maximum atomic E-state index is 13.7. The lowest BCUT2D eigenvalue weighted by Crippen LogP contribution is -2.57. The summed E-state index contributed by atoms with van der Waals surface area (Å²) in [6.07, 6.45) is -2.39. The summed E-state index contributed by atoms with van der Waals surface area (Å²) in [4.78, 5) is 0. The van der Waals surface area contributed by atoms with E-state index in [2.05, 4.69) is 0 Å². The quantitative estimate of drug-likeness (QED) is 0.518. The lowest BCUT2D eigenvalue weighted by molar-refractivity contribution is -0.267. The molecular weight excluding hydrogens is 435 g/mol. The van der Waals surface area contributed by atoms with Gasteiger partial charge in [0.2, 0.25) is 0 Å². The molecule has 1 aliphatic rings. The molecule has 0 aliphatic carbocycles. The Morgan fingerprint density at radius 2 is 1.61 bits per heavy atom. The molecule has 0 radical (unpaired) electrons. The highest BCUT2D eigenvalue weighted by atomic mass is 19.4. The first-order chi connectivity index (χ1) is 15.5. The molecule has 0 aromatic heterocycles. The van der Waals surface area contributed by atoms with Crippen molar-refractivity contribution in [2.45, 2.75) is 57.0 Å². The monoisotopic (exact) mass is 467 g/mol. The number of benzene rings is 2. The van der Waals surface area contributed by atoms with Crippen molar-refractivity contribution in [2.75, 3.05) is 26.9 Å². The molecule has 0 spiro atoms. The van der Waals surface area contributed by atoms with Crippen LogP contribution in [-0.2, 0) is 28.5 Å². The standard InChI is InChI=1S/C25H32F3NO4/c1-23(2)32-16-24(29,17-33-23)13-12-19-8-11-22(21(15-19)25(26,27)28)31-14-4-5-18-6-9-20(30-3)10-7-18/h6-11,15H,4-5,12-14,16-17,29H2,1-3H3. The van der Waals surface area contributed by atoms with Gasteiger partial charge in [0.05, 0.1) is 38.0 Å². The van der Waals surface area contributed by atoms with Gasteiger partial charge >= 0.3 is 6.18 Å². The summed E-state index contributed by atoms with van der Waals surface area (Å²) in [5, 5.41) is 0. The van der Waals surface area contributed by atoms with Crippen LogP contribution in [0.4, 0.5) is 13.2 Å². The highest BCUT2D eigenvalue weighted by Crippen LogP contribution is 2.37. The van der Waals surface area contributed by atoms with Crippen LogP contribution >= 0.6 is 0 Å². The number of ether oxygens (including phenoxy) is 4. The minimum Gasteiger partial charge on any atom is -0.497 e. The van der Waals surface area contributed by atoms with Gasteiger partial charge in [-0.1, -0.05) is 18.2 Å². The van der Waals surface area contributed by atoms with E-state index in [1.165, 1.54) is 6.07 Å². The first-order valence-corrected chi connectivity index (χ1v) is 11.0. The average Bonchev–Trinajstić information content (AvgIpc) is 2.78. The smallest absolute Gasteiger partial charge is 0.419 e. The fraction of sp³-hybridized carbons (Fsp3) is 0.520. The maximum Gasteiger partial charge on any atom is 0.419 e. The second-order valence-corrected chi connectivity index (χ2v) is 8.97. The number of rotatable bonds is 9. The first kappa shape index (κ1) is 25.3. The number of hydrogen-bond donors (Lipinski definition) is 1. The summed E-state index contributed by atoms with van der Waals surface area (Å²) in [5.74, 6) is -0.0917. The molecule has 0 bridgehead atoms. The summed E-state index contributed by atoms with van der Waals surface area (Å²) in [6, 6.07) is 11.8. The van der Waals surface area contributed by atoms with Crippen molar-refractivity contribution in [1.82, 2.24) is 0 Å². The molecule has 1 aliphatic heterocycles. The molecule has 5 nitrogen and oxygen atoms in total. The predicted molar refractivity (Wildman–Crippen MR) is 119 cm³/mol. The molecule has 33 heavy (non-hydrogen) atoms. The van der Waals surface area contributed by atoms with Crippen LogP contribution in [0.25, 0.3) is 0 Å². The van der Waals surface area contributed by atoms with Gasteiger partial charge in [0.15, 0.2) is 5.79 Å². The zero-order chi connectivity index (χ0) is 24.1. The Kier molecular flexibility index (Phi) is 7.92. The summed E-state index contributed by atoms with van der Waals surface area (Å²) in [7, 11) is 1.60. The molecule has 0 unspecified atom stereocenters. The van der Waals surface area contributed by atoms with Crippen molar-refractivity contribution in [1.29, 1.82) is 0 Å². The van der Waals surface area contributed by atoms with Gasteiger partial charge in [-0.05, 0) is 74.9 Å². The Hall–Kier alpha value is -2.29. The molecule has 2 aromatic rings. The summed E-state index contributed by atoms with van der Waals surface area (Å²) < 4.78 is 62.9. The van der Waals surface area contributed by atoms with Crippen molar-refractivity contribution in [3.05, 3.63) is 59.2 Å². The molecule has 1 heterocycles. The normalized spacial score (nSPS) is 17.5. The van der Waals surface area contributed by atoms with Gasteiger partial charge < -0.3 is 24.7 Å². The molecule has 0 atom stereocenters. The lowest BCUT2D eigenvalue weighted by atomic mass is 9.92. The van der Waals surface area contributed by atoms with Crippen LogP contribution in [0, 0.1) is 0 Å². The maximum absolute atomic E-state index is 13.7. The molecule has 8 heteroatoms. The van der Waals surface area contributed by atoms with Gasteiger partial charge in [-0.15, -0.1) is 0 Å². The first-order valence-electron chi connectivity index (χ1n) is 11.0. The molecule has 182 valence electrons. The Balaban J connectivity index is 1.57. The summed E-state index contributed by atoms with van der Waals surface area (Å²) in [6.45, 7) is 4.38. The highest BCUT2D eigenvalue weighted by Gasteiger charge is 2.38. The lowest BCUT2D eigenvalue weighted by Gasteiger charge is -2.41. The zero-order valence-corrected chi connectivity index (χ0v) is 19.3. The van der Waals surface area contributed by atoms with Gasteiger partial charge in [0.25, 0.3) is 0 Å². The van der Waals surface area contributed by atoms with E-state index in [4.69, 9.17) is 24.7 Å². The minimum absolute atomic E-state index is 0.158.